The molecule has 4 heteroatoms. The third kappa shape index (κ3) is 12.3. The minimum atomic E-state index is -0.0906. The summed E-state index contributed by atoms with van der Waals surface area (Å²) in [5.74, 6) is 0. The number of unbranched alkanes of at least 4 members (excludes halogenated alkanes) is 4. The van der Waals surface area contributed by atoms with E-state index in [1.807, 2.05) is 0 Å². The third-order valence-electron chi connectivity index (χ3n) is 1.69. The minimum Gasteiger partial charge on any atom is -0.343 e. The number of carbonyl (C=O) groups is 1. The summed E-state index contributed by atoms with van der Waals surface area (Å²) in [6.07, 6.45) is 5.68. The van der Waals surface area contributed by atoms with E-state index < -0.39 is 0 Å². The van der Waals surface area contributed by atoms with Gasteiger partial charge in [0.15, 0.2) is 0 Å². The van der Waals surface area contributed by atoms with Gasteiger partial charge in [-0.25, -0.2) is 4.79 Å². The maximum absolute atomic E-state index is 10.7. The summed E-state index contributed by atoms with van der Waals surface area (Å²) >= 11 is 0. The predicted molar refractivity (Wildman–Crippen MR) is 50.9 cm³/mol. The summed E-state index contributed by atoms with van der Waals surface area (Å²) in [6, 6.07) is -0.0906. The van der Waals surface area contributed by atoms with Gasteiger partial charge in [-0.3, -0.25) is 0 Å². The second-order valence-electron chi connectivity index (χ2n) is 2.77. The molecule has 0 aliphatic carbocycles. The predicted octanol–water partition coefficient (Wildman–Crippen LogP) is 1.70. The van der Waals surface area contributed by atoms with E-state index in [2.05, 4.69) is 17.6 Å². The molecular formula is C9H19N2OU-. The van der Waals surface area contributed by atoms with Gasteiger partial charge in [0.05, 0.1) is 0 Å². The molecule has 2 amide bonds. The molecule has 0 rings (SSSR count). The topological polar surface area (TPSA) is 41.1 Å². The molecular weight excluding hydrogens is 390 g/mol. The van der Waals surface area contributed by atoms with Gasteiger partial charge in [-0.05, 0) is 6.42 Å². The van der Waals surface area contributed by atoms with Gasteiger partial charge in [0.25, 0.3) is 0 Å². The molecule has 0 spiro atoms. The minimum absolute atomic E-state index is 0. The van der Waals surface area contributed by atoms with Crippen LogP contribution >= 0.6 is 0 Å². The molecule has 0 aliphatic heterocycles. The van der Waals surface area contributed by atoms with Crippen molar-refractivity contribution in [1.82, 2.24) is 10.6 Å². The Hall–Kier alpha value is 0.322. The molecule has 0 bridgehead atoms. The first-order chi connectivity index (χ1) is 5.81. The van der Waals surface area contributed by atoms with Gasteiger partial charge in [0.1, 0.15) is 0 Å². The quantitative estimate of drug-likeness (QED) is 0.509. The van der Waals surface area contributed by atoms with Gasteiger partial charge in [-0.2, -0.15) is 6.42 Å². The first-order valence-electron chi connectivity index (χ1n) is 4.56. The van der Waals surface area contributed by atoms with E-state index in [-0.39, 0.29) is 37.1 Å². The fourth-order valence-corrected chi connectivity index (χ4v) is 0.946. The second kappa shape index (κ2) is 12.3. The van der Waals surface area contributed by atoms with Crippen LogP contribution in [0.15, 0.2) is 0 Å². The van der Waals surface area contributed by atoms with Gasteiger partial charge in [-0.1, -0.05) is 19.3 Å². The summed E-state index contributed by atoms with van der Waals surface area (Å²) < 4.78 is 0. The van der Waals surface area contributed by atoms with Crippen molar-refractivity contribution in [3.05, 3.63) is 6.92 Å². The van der Waals surface area contributed by atoms with E-state index in [0.29, 0.717) is 0 Å². The monoisotopic (exact) mass is 409 g/mol. The Labute approximate surface area is 105 Å². The molecule has 13 heavy (non-hydrogen) atoms. The van der Waals surface area contributed by atoms with Crippen LogP contribution < -0.4 is 10.6 Å². The van der Waals surface area contributed by atoms with Crippen LogP contribution in [0.3, 0.4) is 0 Å². The van der Waals surface area contributed by atoms with E-state index in [9.17, 15) is 4.79 Å². The molecule has 0 aromatic rings. The average molecular weight is 409 g/mol. The molecule has 0 saturated carbocycles. The van der Waals surface area contributed by atoms with Crippen molar-refractivity contribution in [3.63, 3.8) is 0 Å². The Morgan fingerprint density at radius 2 is 1.85 bits per heavy atom. The number of nitrogens with one attached hydrogen (secondary N) is 2. The van der Waals surface area contributed by atoms with Crippen LogP contribution in [0.2, 0.25) is 0 Å². The van der Waals surface area contributed by atoms with Crippen molar-refractivity contribution in [2.24, 2.45) is 0 Å². The molecule has 0 radical (unpaired) electrons. The van der Waals surface area contributed by atoms with Crippen LogP contribution in [0.4, 0.5) is 4.79 Å². The van der Waals surface area contributed by atoms with Crippen molar-refractivity contribution in [2.75, 3.05) is 13.6 Å². The van der Waals surface area contributed by atoms with E-state index in [1.54, 1.807) is 7.05 Å². The number of urea groups is 1. The van der Waals surface area contributed by atoms with Crippen molar-refractivity contribution < 1.29 is 35.9 Å². The first-order valence-corrected chi connectivity index (χ1v) is 4.56. The molecule has 0 aromatic heterocycles. The molecule has 0 aliphatic rings. The maximum atomic E-state index is 10.7. The molecule has 3 nitrogen and oxygen atoms in total. The molecule has 2 N–H and O–H groups in total. The SMILES string of the molecule is [CH2-]CCCCCCNC(=O)NC.[U]. The maximum Gasteiger partial charge on any atom is 0.314 e. The summed E-state index contributed by atoms with van der Waals surface area (Å²) in [7, 11) is 1.62. The van der Waals surface area contributed by atoms with Crippen LogP contribution in [0.25, 0.3) is 0 Å². The smallest absolute Gasteiger partial charge is 0.314 e. The standard InChI is InChI=1S/C9H19N2O.U/c1-3-4-5-6-7-8-11-9(12)10-2;/h1,3-8H2,2H3,(H2,10,11,12);/q-1;. The van der Waals surface area contributed by atoms with E-state index in [4.69, 9.17) is 0 Å². The molecule has 0 saturated heterocycles. The van der Waals surface area contributed by atoms with Gasteiger partial charge >= 0.3 is 6.03 Å². The number of amides is 2. The second-order valence-corrected chi connectivity index (χ2v) is 2.77. The van der Waals surface area contributed by atoms with Crippen molar-refractivity contribution in [2.45, 2.75) is 32.1 Å². The van der Waals surface area contributed by atoms with Gasteiger partial charge in [0, 0.05) is 44.7 Å². The molecule has 0 fully saturated rings. The Morgan fingerprint density at radius 3 is 2.38 bits per heavy atom. The fraction of sp³-hybridized carbons (Fsp3) is 0.778. The van der Waals surface area contributed by atoms with Crippen molar-refractivity contribution >= 4 is 6.03 Å². The number of rotatable bonds is 6. The summed E-state index contributed by atoms with van der Waals surface area (Å²) in [5, 5.41) is 5.25. The average Bonchev–Trinajstić information content (AvgIpc) is 2.10. The Bertz CT molecular complexity index is 120. The molecule has 0 heterocycles. The summed E-state index contributed by atoms with van der Waals surface area (Å²) in [6.45, 7) is 4.54. The zero-order valence-electron chi connectivity index (χ0n) is 8.36. The summed E-state index contributed by atoms with van der Waals surface area (Å²) in [5.41, 5.74) is 0. The fourth-order valence-electron chi connectivity index (χ4n) is 0.946. The molecule has 76 valence electrons. The molecule has 0 unspecified atom stereocenters. The molecule has 0 atom stereocenters. The normalized spacial score (nSPS) is 8.77. The van der Waals surface area contributed by atoms with Crippen LogP contribution in [-0.2, 0) is 0 Å². The van der Waals surface area contributed by atoms with E-state index >= 15 is 0 Å². The largest absolute Gasteiger partial charge is 0.343 e. The first kappa shape index (κ1) is 15.8. The van der Waals surface area contributed by atoms with E-state index in [1.165, 1.54) is 19.3 Å². The number of carbonyl (C=O) groups excluding carboxylic acids is 1. The Morgan fingerprint density at radius 1 is 1.23 bits per heavy atom. The van der Waals surface area contributed by atoms with Crippen LogP contribution in [-0.4, -0.2) is 19.6 Å². The third-order valence-corrected chi connectivity index (χ3v) is 1.69. The summed E-state index contributed by atoms with van der Waals surface area (Å²) in [4.78, 5) is 10.7. The molecule has 0 aromatic carbocycles. The Kier molecular flexibility index (Phi) is 15.0. The van der Waals surface area contributed by atoms with Gasteiger partial charge in [0.2, 0.25) is 0 Å². The van der Waals surface area contributed by atoms with Gasteiger partial charge in [-0.15, -0.1) is 0 Å². The van der Waals surface area contributed by atoms with Crippen LogP contribution in [0.5, 0.6) is 0 Å². The van der Waals surface area contributed by atoms with Gasteiger partial charge < -0.3 is 17.6 Å². The van der Waals surface area contributed by atoms with Crippen molar-refractivity contribution in [3.8, 4) is 0 Å². The van der Waals surface area contributed by atoms with E-state index in [0.717, 1.165) is 19.4 Å². The van der Waals surface area contributed by atoms with Crippen molar-refractivity contribution in [1.29, 1.82) is 0 Å². The Balaban J connectivity index is 0. The number of hydrogen-bond acceptors (Lipinski definition) is 1. The van der Waals surface area contributed by atoms with Crippen LogP contribution in [0.1, 0.15) is 32.1 Å². The number of hydrogen-bond donors (Lipinski definition) is 2. The zero-order valence-corrected chi connectivity index (χ0v) is 12.5. The van der Waals surface area contributed by atoms with Crippen LogP contribution in [0, 0.1) is 38.0 Å². The zero-order chi connectivity index (χ0) is 9.23.